The van der Waals surface area contributed by atoms with Crippen molar-refractivity contribution in [1.82, 2.24) is 15.1 Å². The van der Waals surface area contributed by atoms with E-state index < -0.39 is 59.1 Å². The standard InChI is InChI=1S/C33H44BrN3O7/c1-7-9-15-24(39)35-18-23(21-13-11-10-12-14-21)43-31(42)25-26-29(40)37(20(3)19-38)28(33(26)17-22(34)27(25)44-33)30(41)36(16-8-2)32(4,5)6/h7-8,10-14,20,22-23,25-28,38H,1-2,9,15-19H2,3-6H3,(H,35,39)/t20-,22?,23-,25-,26+,27-,28-,33+/m1/s1. The van der Waals surface area contributed by atoms with Gasteiger partial charge < -0.3 is 29.7 Å². The summed E-state index contributed by atoms with van der Waals surface area (Å²) in [5.74, 6) is -3.58. The first-order valence-corrected chi connectivity index (χ1v) is 16.0. The number of hydrogen-bond acceptors (Lipinski definition) is 7. The highest BCUT2D eigenvalue weighted by Crippen LogP contribution is 2.61. The molecule has 0 aromatic heterocycles. The maximum atomic E-state index is 14.4. The minimum atomic E-state index is -1.30. The summed E-state index contributed by atoms with van der Waals surface area (Å²) < 4.78 is 12.7. The number of allylic oxidation sites excluding steroid dienone is 1. The second kappa shape index (κ2) is 13.5. The van der Waals surface area contributed by atoms with Crippen molar-refractivity contribution in [2.45, 2.75) is 87.2 Å². The lowest BCUT2D eigenvalue weighted by atomic mass is 9.70. The average Bonchev–Trinajstić information content (AvgIpc) is 3.59. The molecule has 11 heteroatoms. The maximum absolute atomic E-state index is 14.4. The predicted molar refractivity (Wildman–Crippen MR) is 168 cm³/mol. The Labute approximate surface area is 267 Å². The lowest BCUT2D eigenvalue weighted by Gasteiger charge is -2.43. The number of fused-ring (bicyclic) bond motifs is 1. The van der Waals surface area contributed by atoms with Crippen LogP contribution in [0.15, 0.2) is 55.6 Å². The molecule has 2 N–H and O–H groups in total. The first-order chi connectivity index (χ1) is 20.8. The normalized spacial score (nSPS) is 28.6. The zero-order valence-corrected chi connectivity index (χ0v) is 27.5. The first kappa shape index (κ1) is 33.9. The molecule has 1 aromatic rings. The van der Waals surface area contributed by atoms with Gasteiger partial charge in [0.1, 0.15) is 17.7 Å². The van der Waals surface area contributed by atoms with Crippen LogP contribution in [-0.4, -0.2) is 92.4 Å². The molecule has 240 valence electrons. The minimum absolute atomic E-state index is 0.0440. The van der Waals surface area contributed by atoms with Crippen molar-refractivity contribution < 1.29 is 33.8 Å². The third-order valence-electron chi connectivity index (χ3n) is 8.85. The van der Waals surface area contributed by atoms with Crippen LogP contribution in [0.25, 0.3) is 0 Å². The molecule has 3 aliphatic rings. The van der Waals surface area contributed by atoms with Crippen LogP contribution in [0.3, 0.4) is 0 Å². The Morgan fingerprint density at radius 2 is 1.93 bits per heavy atom. The number of carbonyl (C=O) groups is 4. The van der Waals surface area contributed by atoms with Gasteiger partial charge in [-0.3, -0.25) is 19.2 Å². The van der Waals surface area contributed by atoms with Crippen LogP contribution in [0.2, 0.25) is 0 Å². The van der Waals surface area contributed by atoms with E-state index in [0.717, 1.165) is 0 Å². The number of amides is 3. The van der Waals surface area contributed by atoms with Crippen LogP contribution in [0, 0.1) is 11.8 Å². The van der Waals surface area contributed by atoms with Crippen molar-refractivity contribution >= 4 is 39.6 Å². The molecule has 8 atom stereocenters. The van der Waals surface area contributed by atoms with E-state index >= 15 is 0 Å². The Morgan fingerprint density at radius 3 is 2.52 bits per heavy atom. The van der Waals surface area contributed by atoms with Gasteiger partial charge in [-0.1, -0.05) is 58.4 Å². The number of nitrogens with zero attached hydrogens (tertiary/aromatic N) is 2. The Kier molecular flexibility index (Phi) is 10.4. The molecule has 3 saturated heterocycles. The van der Waals surface area contributed by atoms with Crippen molar-refractivity contribution in [3.05, 3.63) is 61.2 Å². The molecule has 3 fully saturated rings. The van der Waals surface area contributed by atoms with Crippen LogP contribution >= 0.6 is 15.9 Å². The molecule has 3 heterocycles. The Morgan fingerprint density at radius 1 is 1.25 bits per heavy atom. The zero-order valence-electron chi connectivity index (χ0n) is 25.9. The number of rotatable bonds is 13. The number of aliphatic hydroxyl groups is 1. The molecule has 4 rings (SSSR count). The fourth-order valence-electron chi connectivity index (χ4n) is 6.79. The van der Waals surface area contributed by atoms with Crippen molar-refractivity contribution in [3.63, 3.8) is 0 Å². The summed E-state index contributed by atoms with van der Waals surface area (Å²) in [5.41, 5.74) is -1.21. The average molecular weight is 675 g/mol. The van der Waals surface area contributed by atoms with Gasteiger partial charge in [0.2, 0.25) is 17.7 Å². The third-order valence-corrected chi connectivity index (χ3v) is 9.69. The number of nitrogens with one attached hydrogen (secondary N) is 1. The van der Waals surface area contributed by atoms with Gasteiger partial charge in [-0.25, -0.2) is 0 Å². The molecule has 1 unspecified atom stereocenters. The number of alkyl halides is 1. The minimum Gasteiger partial charge on any atom is -0.455 e. The second-order valence-electron chi connectivity index (χ2n) is 12.8. The number of benzene rings is 1. The molecule has 44 heavy (non-hydrogen) atoms. The number of esters is 1. The van der Waals surface area contributed by atoms with E-state index in [0.29, 0.717) is 18.4 Å². The molecule has 10 nitrogen and oxygen atoms in total. The van der Waals surface area contributed by atoms with Crippen LogP contribution in [0.5, 0.6) is 0 Å². The summed E-state index contributed by atoms with van der Waals surface area (Å²) in [6.45, 7) is 14.8. The van der Waals surface area contributed by atoms with Gasteiger partial charge in [0, 0.05) is 23.3 Å². The zero-order chi connectivity index (χ0) is 32.4. The van der Waals surface area contributed by atoms with Crippen LogP contribution < -0.4 is 5.32 Å². The van der Waals surface area contributed by atoms with E-state index in [1.807, 2.05) is 39.0 Å². The molecule has 2 bridgehead atoms. The van der Waals surface area contributed by atoms with Gasteiger partial charge in [0.15, 0.2) is 0 Å². The highest BCUT2D eigenvalue weighted by Gasteiger charge is 2.77. The van der Waals surface area contributed by atoms with Gasteiger partial charge in [0.25, 0.3) is 0 Å². The molecule has 3 amide bonds. The van der Waals surface area contributed by atoms with Crippen molar-refractivity contribution in [3.8, 4) is 0 Å². The van der Waals surface area contributed by atoms with Crippen LogP contribution in [0.1, 0.15) is 58.6 Å². The molecule has 1 spiro atoms. The third kappa shape index (κ3) is 6.23. The summed E-state index contributed by atoms with van der Waals surface area (Å²) in [4.78, 5) is 57.9. The monoisotopic (exact) mass is 673 g/mol. The number of aliphatic hydroxyl groups excluding tert-OH is 1. The highest BCUT2D eigenvalue weighted by molar-refractivity contribution is 9.09. The number of carbonyl (C=O) groups excluding carboxylic acids is 4. The summed E-state index contributed by atoms with van der Waals surface area (Å²) in [5, 5.41) is 13.0. The second-order valence-corrected chi connectivity index (χ2v) is 14.0. The summed E-state index contributed by atoms with van der Waals surface area (Å²) in [6, 6.07) is 7.33. The Bertz CT molecular complexity index is 1270. The van der Waals surface area contributed by atoms with Gasteiger partial charge in [-0.15, -0.1) is 13.2 Å². The smallest absolute Gasteiger partial charge is 0.313 e. The van der Waals surface area contributed by atoms with E-state index in [4.69, 9.17) is 9.47 Å². The predicted octanol–water partition coefficient (Wildman–Crippen LogP) is 3.30. The molecule has 0 radical (unpaired) electrons. The van der Waals surface area contributed by atoms with Gasteiger partial charge >= 0.3 is 5.97 Å². The van der Waals surface area contributed by atoms with E-state index in [2.05, 4.69) is 34.4 Å². The van der Waals surface area contributed by atoms with E-state index in [1.54, 1.807) is 36.1 Å². The fourth-order valence-corrected chi connectivity index (χ4v) is 7.73. The topological polar surface area (TPSA) is 125 Å². The largest absolute Gasteiger partial charge is 0.455 e. The lowest BCUT2D eigenvalue weighted by Crippen LogP contribution is -2.61. The molecule has 0 aliphatic carbocycles. The van der Waals surface area contributed by atoms with E-state index in [-0.39, 0.29) is 42.8 Å². The van der Waals surface area contributed by atoms with Crippen LogP contribution in [0.4, 0.5) is 0 Å². The molecular weight excluding hydrogens is 630 g/mol. The first-order valence-electron chi connectivity index (χ1n) is 15.1. The Balaban J connectivity index is 1.69. The van der Waals surface area contributed by atoms with E-state index in [9.17, 15) is 24.3 Å². The van der Waals surface area contributed by atoms with Crippen molar-refractivity contribution in [2.24, 2.45) is 11.8 Å². The summed E-state index contributed by atoms with van der Waals surface area (Å²) in [6.07, 6.45) is 2.87. The molecule has 1 aromatic carbocycles. The van der Waals surface area contributed by atoms with Crippen molar-refractivity contribution in [1.29, 1.82) is 0 Å². The number of ether oxygens (including phenoxy) is 2. The fraction of sp³-hybridized carbons (Fsp3) is 0.576. The summed E-state index contributed by atoms with van der Waals surface area (Å²) in [7, 11) is 0. The van der Waals surface area contributed by atoms with Gasteiger partial charge in [-0.2, -0.15) is 0 Å². The van der Waals surface area contributed by atoms with Crippen molar-refractivity contribution in [2.75, 3.05) is 19.7 Å². The van der Waals surface area contributed by atoms with Gasteiger partial charge in [-0.05, 0) is 46.1 Å². The SMILES string of the molecule is C=CCCC(=O)NC[C@@H](OC(=O)[C@H]1[C@@H]2O[C@@]3(CC2Br)[C@@H]1C(=O)N([C@H](C)CO)[C@@H]3C(=O)N(CC=C)C(C)(C)C)c1ccccc1. The van der Waals surface area contributed by atoms with Gasteiger partial charge in [0.05, 0.1) is 37.1 Å². The number of likely N-dealkylation sites (tertiary alicyclic amines) is 1. The molecule has 0 saturated carbocycles. The number of hydrogen-bond donors (Lipinski definition) is 2. The summed E-state index contributed by atoms with van der Waals surface area (Å²) >= 11 is 3.68. The quantitative estimate of drug-likeness (QED) is 0.187. The van der Waals surface area contributed by atoms with E-state index in [1.165, 1.54) is 4.90 Å². The maximum Gasteiger partial charge on any atom is 0.313 e. The number of halogens is 1. The molecule has 3 aliphatic heterocycles. The highest BCUT2D eigenvalue weighted by atomic mass is 79.9. The van der Waals surface area contributed by atoms with Crippen LogP contribution in [-0.2, 0) is 28.7 Å². The lowest BCUT2D eigenvalue weighted by molar-refractivity contribution is -0.161. The molecular formula is C33H44BrN3O7. The Hall–Kier alpha value is -3.02.